The molecule has 3 nitrogen and oxygen atoms in total. The first-order valence-corrected chi connectivity index (χ1v) is 13.7. The molecule has 200 valence electrons. The largest absolute Gasteiger partial charge is 0.377 e. The zero-order valence-electron chi connectivity index (χ0n) is 24.4. The fourth-order valence-corrected chi connectivity index (χ4v) is 5.27. The minimum absolute atomic E-state index is 1.19. The number of hydrogen-bond donors (Lipinski definition) is 0. The van der Waals surface area contributed by atoms with E-state index in [1.165, 1.54) is 61.6 Å². The predicted octanol–water partition coefficient (Wildman–Crippen LogP) is 7.79. The molecule has 0 saturated heterocycles. The Kier molecular flexibility index (Phi) is 7.84. The molecule has 0 amide bonds. The molecule has 0 aliphatic heterocycles. The lowest BCUT2D eigenvalue weighted by molar-refractivity contribution is -0.462. The Morgan fingerprint density at radius 2 is 0.900 bits per heavy atom. The van der Waals surface area contributed by atoms with Gasteiger partial charge in [-0.25, -0.2) is 4.58 Å². The molecule has 3 heteroatoms. The second kappa shape index (κ2) is 11.6. The standard InChI is InChI=1S/C37H38N3/c1-38(2)32-25-23-31(24-26-32)37(29-19-15-27(16-20-29)33-11-7-9-13-35(33)39(3)4)30-21-17-28(18-22-30)34-12-8-10-14-36(34)40(5)6/h7-26H,1-6H3/q+1. The summed E-state index contributed by atoms with van der Waals surface area (Å²) in [5.41, 5.74) is 13.3. The minimum atomic E-state index is 1.19. The van der Waals surface area contributed by atoms with Crippen LogP contribution in [0.4, 0.5) is 11.4 Å². The van der Waals surface area contributed by atoms with Crippen molar-refractivity contribution in [1.82, 2.24) is 0 Å². The van der Waals surface area contributed by atoms with Gasteiger partial charge in [-0.1, -0.05) is 84.9 Å². The Morgan fingerprint density at radius 1 is 0.500 bits per heavy atom. The Morgan fingerprint density at radius 3 is 1.27 bits per heavy atom. The van der Waals surface area contributed by atoms with Crippen molar-refractivity contribution >= 4 is 22.7 Å². The fraction of sp³-hybridized carbons (Fsp3) is 0.162. The van der Waals surface area contributed by atoms with Crippen molar-refractivity contribution in [2.24, 2.45) is 0 Å². The monoisotopic (exact) mass is 524 g/mol. The van der Waals surface area contributed by atoms with Gasteiger partial charge >= 0.3 is 0 Å². The molecule has 0 aromatic heterocycles. The van der Waals surface area contributed by atoms with E-state index in [1.807, 2.05) is 0 Å². The van der Waals surface area contributed by atoms with Gasteiger partial charge in [0.15, 0.2) is 5.71 Å². The highest BCUT2D eigenvalue weighted by Gasteiger charge is 2.15. The van der Waals surface area contributed by atoms with E-state index >= 15 is 0 Å². The predicted molar refractivity (Wildman–Crippen MR) is 174 cm³/mol. The number of rotatable bonds is 6. The van der Waals surface area contributed by atoms with Gasteiger partial charge in [-0.05, 0) is 57.7 Å². The summed E-state index contributed by atoms with van der Waals surface area (Å²) in [6, 6.07) is 35.1. The summed E-state index contributed by atoms with van der Waals surface area (Å²) in [5, 5.41) is 0. The van der Waals surface area contributed by atoms with Crippen LogP contribution in [0.2, 0.25) is 0 Å². The Balaban J connectivity index is 1.59. The van der Waals surface area contributed by atoms with E-state index in [0.29, 0.717) is 0 Å². The van der Waals surface area contributed by atoms with Crippen LogP contribution in [-0.2, 0) is 0 Å². The summed E-state index contributed by atoms with van der Waals surface area (Å²) >= 11 is 0. The highest BCUT2D eigenvalue weighted by atomic mass is 15.1. The van der Waals surface area contributed by atoms with Crippen molar-refractivity contribution in [3.8, 4) is 22.3 Å². The summed E-state index contributed by atoms with van der Waals surface area (Å²) in [6.07, 6.45) is 8.85. The van der Waals surface area contributed by atoms with Crippen LogP contribution in [0.3, 0.4) is 0 Å². The molecule has 1 aliphatic rings. The third-order valence-electron chi connectivity index (χ3n) is 7.41. The van der Waals surface area contributed by atoms with Crippen molar-refractivity contribution in [1.29, 1.82) is 0 Å². The zero-order chi connectivity index (χ0) is 28.2. The van der Waals surface area contributed by atoms with Gasteiger partial charge in [0, 0.05) is 62.8 Å². The number of allylic oxidation sites excluding steroid dienone is 5. The highest BCUT2D eigenvalue weighted by Crippen LogP contribution is 2.36. The fourth-order valence-electron chi connectivity index (χ4n) is 5.27. The van der Waals surface area contributed by atoms with E-state index in [1.54, 1.807) is 0 Å². The zero-order valence-corrected chi connectivity index (χ0v) is 24.4. The van der Waals surface area contributed by atoms with Gasteiger partial charge in [0.05, 0.1) is 0 Å². The van der Waals surface area contributed by atoms with Crippen LogP contribution in [0.25, 0.3) is 27.8 Å². The van der Waals surface area contributed by atoms with Crippen LogP contribution in [0.5, 0.6) is 0 Å². The quantitative estimate of drug-likeness (QED) is 0.238. The first-order chi connectivity index (χ1) is 19.3. The molecule has 4 aromatic carbocycles. The molecule has 0 spiro atoms. The highest BCUT2D eigenvalue weighted by molar-refractivity contribution is 6.04. The maximum atomic E-state index is 2.26. The molecule has 0 atom stereocenters. The molecule has 0 saturated carbocycles. The van der Waals surface area contributed by atoms with Gasteiger partial charge in [-0.15, -0.1) is 0 Å². The van der Waals surface area contributed by atoms with Crippen LogP contribution in [-0.4, -0.2) is 52.6 Å². The van der Waals surface area contributed by atoms with Crippen LogP contribution >= 0.6 is 0 Å². The molecule has 0 bridgehead atoms. The summed E-state index contributed by atoms with van der Waals surface area (Å²) in [5.74, 6) is 0. The lowest BCUT2D eigenvalue weighted by Crippen LogP contribution is -2.10. The lowest BCUT2D eigenvalue weighted by Gasteiger charge is -2.19. The molecule has 0 radical (unpaired) electrons. The lowest BCUT2D eigenvalue weighted by atomic mass is 9.89. The number of para-hydroxylation sites is 2. The molecule has 4 aromatic rings. The van der Waals surface area contributed by atoms with Gasteiger partial charge < -0.3 is 9.80 Å². The number of hydrogen-bond acceptors (Lipinski definition) is 2. The average Bonchev–Trinajstić information content (AvgIpc) is 2.98. The van der Waals surface area contributed by atoms with Crippen molar-refractivity contribution in [2.45, 2.75) is 0 Å². The number of anilines is 2. The molecule has 0 unspecified atom stereocenters. The summed E-state index contributed by atoms with van der Waals surface area (Å²) < 4.78 is 2.14. The van der Waals surface area contributed by atoms with Crippen molar-refractivity contribution in [2.75, 3.05) is 52.1 Å². The summed E-state index contributed by atoms with van der Waals surface area (Å²) in [6.45, 7) is 0. The van der Waals surface area contributed by atoms with Crippen LogP contribution in [0.1, 0.15) is 11.1 Å². The molecule has 5 rings (SSSR count). The third-order valence-corrected chi connectivity index (χ3v) is 7.41. The van der Waals surface area contributed by atoms with E-state index in [9.17, 15) is 0 Å². The SMILES string of the molecule is CN(C)c1ccccc1-c1ccc(C(=C2C=CC(=[N+](C)C)C=C2)c2ccc(-c3ccccc3N(C)C)cc2)cc1. The third kappa shape index (κ3) is 5.55. The molecule has 40 heavy (non-hydrogen) atoms. The van der Waals surface area contributed by atoms with Gasteiger partial charge in [-0.3, -0.25) is 0 Å². The van der Waals surface area contributed by atoms with Crippen molar-refractivity contribution in [3.05, 3.63) is 138 Å². The first-order valence-electron chi connectivity index (χ1n) is 13.7. The topological polar surface area (TPSA) is 9.49 Å². The maximum absolute atomic E-state index is 2.26. The van der Waals surface area contributed by atoms with Crippen LogP contribution in [0, 0.1) is 0 Å². The van der Waals surface area contributed by atoms with Crippen LogP contribution < -0.4 is 9.80 Å². The Bertz CT molecular complexity index is 1510. The molecular weight excluding hydrogens is 486 g/mol. The second-order valence-corrected chi connectivity index (χ2v) is 10.8. The van der Waals surface area contributed by atoms with Gasteiger partial charge in [0.25, 0.3) is 0 Å². The summed E-state index contributed by atoms with van der Waals surface area (Å²) in [4.78, 5) is 4.34. The van der Waals surface area contributed by atoms with E-state index in [4.69, 9.17) is 0 Å². The molecular formula is C37H38N3+. The van der Waals surface area contributed by atoms with Gasteiger partial charge in [0.2, 0.25) is 0 Å². The van der Waals surface area contributed by atoms with E-state index in [-0.39, 0.29) is 0 Å². The van der Waals surface area contributed by atoms with Gasteiger partial charge in [0.1, 0.15) is 14.1 Å². The first kappa shape index (κ1) is 27.0. The maximum Gasteiger partial charge on any atom is 0.199 e. The minimum Gasteiger partial charge on any atom is -0.377 e. The van der Waals surface area contributed by atoms with Crippen molar-refractivity contribution < 1.29 is 4.58 Å². The van der Waals surface area contributed by atoms with Crippen molar-refractivity contribution in [3.63, 3.8) is 0 Å². The number of benzene rings is 4. The van der Waals surface area contributed by atoms with E-state index < -0.39 is 0 Å². The summed E-state index contributed by atoms with van der Waals surface area (Å²) in [7, 11) is 12.5. The second-order valence-electron chi connectivity index (χ2n) is 10.8. The molecule has 1 aliphatic carbocycles. The van der Waals surface area contributed by atoms with Gasteiger partial charge in [-0.2, -0.15) is 0 Å². The Hall–Kier alpha value is -4.63. The number of nitrogens with zero attached hydrogens (tertiary/aromatic N) is 3. The smallest absolute Gasteiger partial charge is 0.199 e. The normalized spacial score (nSPS) is 12.4. The average molecular weight is 525 g/mol. The molecule has 0 N–H and O–H groups in total. The van der Waals surface area contributed by atoms with E-state index in [0.717, 1.165) is 0 Å². The molecule has 0 heterocycles. The molecule has 0 fully saturated rings. The van der Waals surface area contributed by atoms with Crippen LogP contribution in [0.15, 0.2) is 127 Å². The van der Waals surface area contributed by atoms with E-state index in [2.05, 4.69) is 178 Å². The Labute approximate surface area is 239 Å².